The number of hydrogen-bond donors (Lipinski definition) is 1. The van der Waals surface area contributed by atoms with Crippen molar-refractivity contribution >= 4 is 18.1 Å². The van der Waals surface area contributed by atoms with Gasteiger partial charge in [-0.3, -0.25) is 4.79 Å². The Balaban J connectivity index is 1.94. The van der Waals surface area contributed by atoms with E-state index >= 15 is 0 Å². The number of nitrogens with zero attached hydrogens (tertiary/aromatic N) is 2. The fourth-order valence-corrected chi connectivity index (χ4v) is 3.94. The number of hydrogen-bond acceptors (Lipinski definition) is 2. The Bertz CT molecular complexity index is 972. The molecule has 0 saturated carbocycles. The minimum atomic E-state index is -1.16. The van der Waals surface area contributed by atoms with E-state index in [1.165, 1.54) is 0 Å². The number of benzene rings is 1. The molecule has 146 valence electrons. The number of halogens is 3. The van der Waals surface area contributed by atoms with Crippen LogP contribution in [0, 0.1) is 22.2 Å². The number of rotatable bonds is 3. The number of imidazole rings is 1. The zero-order valence-corrected chi connectivity index (χ0v) is 16.5. The molecular formula is C19H22F3N3OS. The fourth-order valence-electron chi connectivity index (χ4n) is 3.64. The predicted molar refractivity (Wildman–Crippen MR) is 98.6 cm³/mol. The third kappa shape index (κ3) is 3.67. The van der Waals surface area contributed by atoms with Gasteiger partial charge in [0.05, 0.1) is 6.42 Å². The average Bonchev–Trinajstić information content (AvgIpc) is 3.05. The van der Waals surface area contributed by atoms with Crippen molar-refractivity contribution in [3.05, 3.63) is 51.3 Å². The molecular weight excluding hydrogens is 375 g/mol. The van der Waals surface area contributed by atoms with Crippen LogP contribution in [0.5, 0.6) is 0 Å². The van der Waals surface area contributed by atoms with Gasteiger partial charge in [0.25, 0.3) is 0 Å². The second-order valence-corrected chi connectivity index (χ2v) is 8.34. The van der Waals surface area contributed by atoms with Crippen molar-refractivity contribution in [1.82, 2.24) is 14.5 Å². The van der Waals surface area contributed by atoms with Gasteiger partial charge in [-0.15, -0.1) is 0 Å². The SMILES string of the molecule is Cn1c(CC(=O)NC(C)(C)C)c2n(c1=S)C[C@@H](c1c(F)ccc(F)c1F)C2. The number of carbonyl (C=O) groups is 1. The van der Waals surface area contributed by atoms with Crippen molar-refractivity contribution in [2.45, 2.75) is 51.6 Å². The summed E-state index contributed by atoms with van der Waals surface area (Å²) in [6, 6.07) is 1.72. The summed E-state index contributed by atoms with van der Waals surface area (Å²) in [6.45, 7) is 5.91. The van der Waals surface area contributed by atoms with E-state index in [4.69, 9.17) is 12.2 Å². The Labute approximate surface area is 161 Å². The predicted octanol–water partition coefficient (Wildman–Crippen LogP) is 3.77. The first-order valence-corrected chi connectivity index (χ1v) is 9.12. The molecule has 1 atom stereocenters. The molecule has 2 heterocycles. The highest BCUT2D eigenvalue weighted by molar-refractivity contribution is 7.71. The van der Waals surface area contributed by atoms with Gasteiger partial charge in [0.1, 0.15) is 5.82 Å². The first-order chi connectivity index (χ1) is 12.5. The third-order valence-corrected chi connectivity index (χ3v) is 5.25. The van der Waals surface area contributed by atoms with Crippen molar-refractivity contribution < 1.29 is 18.0 Å². The smallest absolute Gasteiger partial charge is 0.226 e. The van der Waals surface area contributed by atoms with Gasteiger partial charge in [0.15, 0.2) is 16.4 Å². The molecule has 0 radical (unpaired) electrons. The van der Waals surface area contributed by atoms with Crippen LogP contribution in [0.2, 0.25) is 0 Å². The van der Waals surface area contributed by atoms with Crippen LogP contribution in [0.1, 0.15) is 43.6 Å². The van der Waals surface area contributed by atoms with E-state index in [9.17, 15) is 18.0 Å². The molecule has 0 aliphatic carbocycles. The lowest BCUT2D eigenvalue weighted by molar-refractivity contribution is -0.121. The number of aromatic nitrogens is 2. The number of fused-ring (bicyclic) bond motifs is 1. The maximum absolute atomic E-state index is 14.2. The molecule has 0 bridgehead atoms. The Kier molecular flexibility index (Phi) is 4.96. The highest BCUT2D eigenvalue weighted by Crippen LogP contribution is 2.36. The number of amides is 1. The summed E-state index contributed by atoms with van der Waals surface area (Å²) in [7, 11) is 1.77. The topological polar surface area (TPSA) is 39.0 Å². The molecule has 1 aromatic heterocycles. The van der Waals surface area contributed by atoms with Crippen LogP contribution in [-0.4, -0.2) is 20.6 Å². The molecule has 3 rings (SSSR count). The van der Waals surface area contributed by atoms with Gasteiger partial charge in [0, 0.05) is 42.0 Å². The lowest BCUT2D eigenvalue weighted by atomic mass is 9.95. The Morgan fingerprint density at radius 2 is 1.89 bits per heavy atom. The van der Waals surface area contributed by atoms with E-state index < -0.39 is 23.4 Å². The highest BCUT2D eigenvalue weighted by atomic mass is 32.1. The van der Waals surface area contributed by atoms with Crippen molar-refractivity contribution in [3.63, 3.8) is 0 Å². The summed E-state index contributed by atoms with van der Waals surface area (Å²) in [4.78, 5) is 12.4. The molecule has 1 amide bonds. The lowest BCUT2D eigenvalue weighted by Crippen LogP contribution is -2.41. The van der Waals surface area contributed by atoms with Crippen LogP contribution in [0.15, 0.2) is 12.1 Å². The summed E-state index contributed by atoms with van der Waals surface area (Å²) in [5.41, 5.74) is 0.841. The summed E-state index contributed by atoms with van der Waals surface area (Å²) in [5, 5.41) is 2.90. The molecule has 0 saturated heterocycles. The van der Waals surface area contributed by atoms with Crippen molar-refractivity contribution in [3.8, 4) is 0 Å². The quantitative estimate of drug-likeness (QED) is 0.633. The molecule has 1 aliphatic heterocycles. The maximum Gasteiger partial charge on any atom is 0.226 e. The Morgan fingerprint density at radius 1 is 1.26 bits per heavy atom. The Hall–Kier alpha value is -2.09. The van der Waals surface area contributed by atoms with Gasteiger partial charge in [-0.2, -0.15) is 0 Å². The van der Waals surface area contributed by atoms with Crippen LogP contribution in [0.4, 0.5) is 13.2 Å². The zero-order valence-electron chi connectivity index (χ0n) is 15.7. The largest absolute Gasteiger partial charge is 0.351 e. The van der Waals surface area contributed by atoms with Gasteiger partial charge >= 0.3 is 0 Å². The Morgan fingerprint density at radius 3 is 2.52 bits per heavy atom. The van der Waals surface area contributed by atoms with Gasteiger partial charge < -0.3 is 14.5 Å². The molecule has 1 aliphatic rings. The van der Waals surface area contributed by atoms with E-state index in [0.29, 0.717) is 16.9 Å². The summed E-state index contributed by atoms with van der Waals surface area (Å²) in [5.74, 6) is -3.73. The van der Waals surface area contributed by atoms with Crippen LogP contribution < -0.4 is 5.32 Å². The van der Waals surface area contributed by atoms with Crippen molar-refractivity contribution in [2.75, 3.05) is 0 Å². The van der Waals surface area contributed by atoms with E-state index in [2.05, 4.69) is 5.32 Å². The van der Waals surface area contributed by atoms with Crippen LogP contribution in [0.3, 0.4) is 0 Å². The van der Waals surface area contributed by atoms with E-state index in [-0.39, 0.29) is 30.0 Å². The molecule has 1 aromatic carbocycles. The summed E-state index contributed by atoms with van der Waals surface area (Å²) in [6.07, 6.45) is 0.403. The maximum atomic E-state index is 14.2. The molecule has 2 aromatic rings. The summed E-state index contributed by atoms with van der Waals surface area (Å²) >= 11 is 5.43. The van der Waals surface area contributed by atoms with Gasteiger partial charge in [0.2, 0.25) is 5.91 Å². The fraction of sp³-hybridized carbons (Fsp3) is 0.474. The van der Waals surface area contributed by atoms with Crippen molar-refractivity contribution in [2.24, 2.45) is 7.05 Å². The minimum absolute atomic E-state index is 0.112. The first-order valence-electron chi connectivity index (χ1n) is 8.71. The second-order valence-electron chi connectivity index (χ2n) is 7.98. The summed E-state index contributed by atoms with van der Waals surface area (Å²) < 4.78 is 46.0. The lowest BCUT2D eigenvalue weighted by Gasteiger charge is -2.20. The van der Waals surface area contributed by atoms with Gasteiger partial charge in [-0.1, -0.05) is 0 Å². The van der Waals surface area contributed by atoms with Crippen LogP contribution >= 0.6 is 12.2 Å². The molecule has 1 N–H and O–H groups in total. The zero-order chi connectivity index (χ0) is 20.1. The molecule has 0 fully saturated rings. The molecule has 8 heteroatoms. The van der Waals surface area contributed by atoms with E-state index in [0.717, 1.165) is 17.8 Å². The minimum Gasteiger partial charge on any atom is -0.351 e. The molecule has 27 heavy (non-hydrogen) atoms. The average molecular weight is 397 g/mol. The number of nitrogens with one attached hydrogen (secondary N) is 1. The third-order valence-electron chi connectivity index (χ3n) is 4.75. The van der Waals surface area contributed by atoms with Crippen LogP contribution in [-0.2, 0) is 31.2 Å². The molecule has 4 nitrogen and oxygen atoms in total. The second kappa shape index (κ2) is 6.82. The number of carbonyl (C=O) groups excluding carboxylic acids is 1. The van der Waals surface area contributed by atoms with Gasteiger partial charge in [-0.05, 0) is 51.5 Å². The first kappa shape index (κ1) is 19.7. The highest BCUT2D eigenvalue weighted by Gasteiger charge is 2.33. The molecule has 0 unspecified atom stereocenters. The normalized spacial score (nSPS) is 16.5. The van der Waals surface area contributed by atoms with Crippen LogP contribution in [0.25, 0.3) is 0 Å². The monoisotopic (exact) mass is 397 g/mol. The van der Waals surface area contributed by atoms with Gasteiger partial charge in [-0.25, -0.2) is 13.2 Å². The standard InChI is InChI=1S/C19H22F3N3OS/c1-19(2,3)23-15(26)8-13-14-7-10(9-25(14)18(27)24(13)4)16-11(20)5-6-12(21)17(16)22/h5-6,10H,7-9H2,1-4H3,(H,23,26)/t10-/m0/s1. The molecule has 0 spiro atoms. The van der Waals surface area contributed by atoms with Crippen molar-refractivity contribution in [1.29, 1.82) is 0 Å². The van der Waals surface area contributed by atoms with E-state index in [1.807, 2.05) is 20.8 Å². The van der Waals surface area contributed by atoms with E-state index in [1.54, 1.807) is 16.2 Å².